The van der Waals surface area contributed by atoms with Gasteiger partial charge in [0.2, 0.25) is 5.91 Å². The lowest BCUT2D eigenvalue weighted by Gasteiger charge is -2.40. The predicted molar refractivity (Wildman–Crippen MR) is 141 cm³/mol. The molecule has 2 aliphatic rings. The Kier molecular flexibility index (Phi) is 6.72. The molecule has 2 aliphatic heterocycles. The molecule has 2 N–H and O–H groups in total. The van der Waals surface area contributed by atoms with Gasteiger partial charge in [-0.1, -0.05) is 86.7 Å². The van der Waals surface area contributed by atoms with Gasteiger partial charge in [-0.3, -0.25) is 9.59 Å². The number of hydrogen-bond donors (Lipinski definition) is 2. The van der Waals surface area contributed by atoms with Gasteiger partial charge in [0.1, 0.15) is 6.04 Å². The van der Waals surface area contributed by atoms with Crippen molar-refractivity contribution in [3.63, 3.8) is 0 Å². The molecule has 4 atom stereocenters. The van der Waals surface area contributed by atoms with Crippen molar-refractivity contribution in [2.45, 2.75) is 44.4 Å². The molecule has 2 amide bonds. The fourth-order valence-electron chi connectivity index (χ4n) is 5.03. The van der Waals surface area contributed by atoms with Crippen LogP contribution in [0.2, 0.25) is 0 Å². The number of aliphatic hydroxyl groups excluding tert-OH is 1. The predicted octanol–water partition coefficient (Wildman–Crippen LogP) is 4.54. The monoisotopic (exact) mass is 481 g/mol. The number of fused-ring (bicyclic) bond motifs is 1. The summed E-state index contributed by atoms with van der Waals surface area (Å²) in [5.41, 5.74) is 6.94. The topological polar surface area (TPSA) is 72.9 Å². The number of hydrogen-bond acceptors (Lipinski definition) is 5. The zero-order valence-electron chi connectivity index (χ0n) is 20.5. The Morgan fingerprint density at radius 3 is 2.11 bits per heavy atom. The minimum absolute atomic E-state index is 0.259. The highest BCUT2D eigenvalue weighted by molar-refractivity contribution is 6.24. The zero-order chi connectivity index (χ0) is 25.2. The lowest BCUT2D eigenvalue weighted by molar-refractivity contribution is -0.123. The number of carbonyl (C=O) groups excluding carboxylic acids is 2. The molecule has 6 heteroatoms. The number of nitrogens with one attached hydrogen (secondary N) is 1. The number of hydrazine groups is 1. The number of carbonyl (C=O) groups is 2. The van der Waals surface area contributed by atoms with E-state index in [2.05, 4.69) is 31.4 Å². The Bertz CT molecular complexity index is 1240. The van der Waals surface area contributed by atoms with Gasteiger partial charge >= 0.3 is 0 Å². The third-order valence-electron chi connectivity index (χ3n) is 6.99. The van der Waals surface area contributed by atoms with E-state index < -0.39 is 24.1 Å². The van der Waals surface area contributed by atoms with Crippen molar-refractivity contribution in [1.82, 2.24) is 5.01 Å². The van der Waals surface area contributed by atoms with E-state index in [0.717, 1.165) is 11.3 Å². The first kappa shape index (κ1) is 24.0. The lowest BCUT2D eigenvalue weighted by atomic mass is 9.91. The van der Waals surface area contributed by atoms with Gasteiger partial charge < -0.3 is 10.5 Å². The van der Waals surface area contributed by atoms with E-state index in [1.807, 2.05) is 66.7 Å². The third-order valence-corrected chi connectivity index (χ3v) is 6.99. The molecule has 0 aromatic heterocycles. The molecule has 0 saturated carbocycles. The highest BCUT2D eigenvalue weighted by atomic mass is 16.3. The van der Waals surface area contributed by atoms with Gasteiger partial charge in [0, 0.05) is 12.1 Å². The SMILES string of the molecule is CC(C)c1ccc(NN2C(C(O)Cc3ccccc3)C=CC3C(=O)N(c4ccccc4)C(=O)C32)cc1. The van der Waals surface area contributed by atoms with Gasteiger partial charge in [0.05, 0.1) is 23.8 Å². The summed E-state index contributed by atoms with van der Waals surface area (Å²) in [5, 5.41) is 13.1. The molecule has 184 valence electrons. The van der Waals surface area contributed by atoms with Crippen molar-refractivity contribution in [2.75, 3.05) is 10.3 Å². The fraction of sp³-hybridized carbons (Fsp3) is 0.267. The van der Waals surface area contributed by atoms with E-state index in [1.54, 1.807) is 23.2 Å². The number of rotatable bonds is 7. The number of amides is 2. The van der Waals surface area contributed by atoms with Crippen LogP contribution in [0.3, 0.4) is 0 Å². The average Bonchev–Trinajstić information content (AvgIpc) is 3.15. The normalized spacial score (nSPS) is 22.7. The Hall–Kier alpha value is -3.74. The summed E-state index contributed by atoms with van der Waals surface area (Å²) in [5.74, 6) is -0.801. The Morgan fingerprint density at radius 2 is 1.47 bits per heavy atom. The molecule has 0 bridgehead atoms. The van der Waals surface area contributed by atoms with Gasteiger partial charge in [0.25, 0.3) is 5.91 Å². The minimum atomic E-state index is -0.791. The molecule has 0 radical (unpaired) electrons. The highest BCUT2D eigenvalue weighted by Gasteiger charge is 2.54. The molecular formula is C30H31N3O3. The summed E-state index contributed by atoms with van der Waals surface area (Å²) in [6, 6.07) is 25.5. The molecule has 2 heterocycles. The fourth-order valence-corrected chi connectivity index (χ4v) is 5.03. The van der Waals surface area contributed by atoms with Crippen LogP contribution in [0.15, 0.2) is 97.1 Å². The van der Waals surface area contributed by atoms with Crippen LogP contribution in [0.5, 0.6) is 0 Å². The molecule has 3 aromatic rings. The molecule has 1 saturated heterocycles. The summed E-state index contributed by atoms with van der Waals surface area (Å²) >= 11 is 0. The lowest BCUT2D eigenvalue weighted by Crippen LogP contribution is -2.57. The Labute approximate surface area is 211 Å². The molecular weight excluding hydrogens is 450 g/mol. The van der Waals surface area contributed by atoms with E-state index >= 15 is 0 Å². The third kappa shape index (κ3) is 4.57. The smallest absolute Gasteiger partial charge is 0.254 e. The number of imide groups is 1. The van der Waals surface area contributed by atoms with Crippen LogP contribution >= 0.6 is 0 Å². The molecule has 0 aliphatic carbocycles. The van der Waals surface area contributed by atoms with Crippen LogP contribution in [0.1, 0.15) is 30.9 Å². The number of aliphatic hydroxyl groups is 1. The molecule has 6 nitrogen and oxygen atoms in total. The van der Waals surface area contributed by atoms with E-state index in [4.69, 9.17) is 0 Å². The van der Waals surface area contributed by atoms with Crippen LogP contribution in [0.4, 0.5) is 11.4 Å². The maximum absolute atomic E-state index is 13.7. The highest BCUT2D eigenvalue weighted by Crippen LogP contribution is 2.36. The maximum Gasteiger partial charge on any atom is 0.254 e. The standard InChI is InChI=1S/C30H31N3O3/c1-20(2)22-13-15-23(16-14-22)31-33-26(27(34)19-21-9-5-3-6-10-21)18-17-25-28(33)30(36)32(29(25)35)24-11-7-4-8-12-24/h3-18,20,25-28,31,34H,19H2,1-2H3. The second kappa shape index (κ2) is 10.1. The van der Waals surface area contributed by atoms with E-state index in [-0.39, 0.29) is 11.8 Å². The average molecular weight is 482 g/mol. The van der Waals surface area contributed by atoms with E-state index in [9.17, 15) is 14.7 Å². The van der Waals surface area contributed by atoms with Gasteiger partial charge in [-0.2, -0.15) is 0 Å². The van der Waals surface area contributed by atoms with Gasteiger partial charge in [-0.05, 0) is 41.3 Å². The van der Waals surface area contributed by atoms with Crippen LogP contribution in [-0.2, 0) is 16.0 Å². The van der Waals surface area contributed by atoms with Gasteiger partial charge in [-0.25, -0.2) is 9.91 Å². The number of benzene rings is 3. The first-order chi connectivity index (χ1) is 17.4. The molecule has 1 fully saturated rings. The second-order valence-corrected chi connectivity index (χ2v) is 9.75. The second-order valence-electron chi connectivity index (χ2n) is 9.75. The first-order valence-corrected chi connectivity index (χ1v) is 12.4. The van der Waals surface area contributed by atoms with E-state index in [1.165, 1.54) is 10.5 Å². The molecule has 36 heavy (non-hydrogen) atoms. The van der Waals surface area contributed by atoms with Gasteiger partial charge in [-0.15, -0.1) is 0 Å². The minimum Gasteiger partial charge on any atom is -0.391 e. The van der Waals surface area contributed by atoms with Crippen molar-refractivity contribution in [3.8, 4) is 0 Å². The number of anilines is 2. The summed E-state index contributed by atoms with van der Waals surface area (Å²) in [7, 11) is 0. The van der Waals surface area contributed by atoms with Crippen molar-refractivity contribution < 1.29 is 14.7 Å². The van der Waals surface area contributed by atoms with Crippen LogP contribution in [0, 0.1) is 5.92 Å². The van der Waals surface area contributed by atoms with Crippen LogP contribution in [0.25, 0.3) is 0 Å². The quantitative estimate of drug-likeness (QED) is 0.383. The van der Waals surface area contributed by atoms with Crippen LogP contribution in [-0.4, -0.2) is 40.1 Å². The van der Waals surface area contributed by atoms with E-state index in [0.29, 0.717) is 18.0 Å². The number of para-hydroxylation sites is 1. The van der Waals surface area contributed by atoms with Gasteiger partial charge in [0.15, 0.2) is 0 Å². The summed E-state index contributed by atoms with van der Waals surface area (Å²) in [6.07, 6.45) is 3.26. The molecule has 4 unspecified atom stereocenters. The van der Waals surface area contributed by atoms with Crippen molar-refractivity contribution in [1.29, 1.82) is 0 Å². The van der Waals surface area contributed by atoms with Crippen LogP contribution < -0.4 is 10.3 Å². The summed E-state index contributed by atoms with van der Waals surface area (Å²) in [4.78, 5) is 28.4. The Balaban J connectivity index is 1.49. The summed E-state index contributed by atoms with van der Waals surface area (Å²) < 4.78 is 0. The Morgan fingerprint density at radius 1 is 0.833 bits per heavy atom. The van der Waals surface area contributed by atoms with Crippen molar-refractivity contribution in [2.24, 2.45) is 5.92 Å². The maximum atomic E-state index is 13.7. The first-order valence-electron chi connectivity index (χ1n) is 12.4. The molecule has 0 spiro atoms. The molecule has 3 aromatic carbocycles. The largest absolute Gasteiger partial charge is 0.391 e. The molecule has 5 rings (SSSR count). The summed E-state index contributed by atoms with van der Waals surface area (Å²) in [6.45, 7) is 4.28. The van der Waals surface area contributed by atoms with Crippen molar-refractivity contribution >= 4 is 23.2 Å². The zero-order valence-corrected chi connectivity index (χ0v) is 20.5. The van der Waals surface area contributed by atoms with Crippen molar-refractivity contribution in [3.05, 3.63) is 108 Å². The number of nitrogens with zero attached hydrogens (tertiary/aromatic N) is 2.